The molecule has 0 saturated heterocycles. The van der Waals surface area contributed by atoms with Gasteiger partial charge in [-0.25, -0.2) is 9.59 Å². The minimum atomic E-state index is -0.901. The van der Waals surface area contributed by atoms with Crippen LogP contribution in [0.4, 0.5) is 0 Å². The lowest BCUT2D eigenvalue weighted by molar-refractivity contribution is -0.154. The van der Waals surface area contributed by atoms with Gasteiger partial charge < -0.3 is 18.6 Å². The van der Waals surface area contributed by atoms with Crippen molar-refractivity contribution in [3.8, 4) is 5.75 Å². The van der Waals surface area contributed by atoms with E-state index in [1.807, 2.05) is 0 Å². The van der Waals surface area contributed by atoms with Crippen LogP contribution in [-0.2, 0) is 20.7 Å². The summed E-state index contributed by atoms with van der Waals surface area (Å²) in [4.78, 5) is 24.5. The number of fused-ring (bicyclic) bond motifs is 1. The van der Waals surface area contributed by atoms with Crippen molar-refractivity contribution in [3.63, 3.8) is 0 Å². The molecule has 152 valence electrons. The van der Waals surface area contributed by atoms with Crippen molar-refractivity contribution >= 4 is 5.97 Å². The van der Waals surface area contributed by atoms with Gasteiger partial charge in [0.25, 0.3) is 0 Å². The van der Waals surface area contributed by atoms with Gasteiger partial charge in [-0.3, -0.25) is 0 Å². The maximum atomic E-state index is 12.4. The first-order chi connectivity index (χ1) is 13.5. The van der Waals surface area contributed by atoms with Gasteiger partial charge >= 0.3 is 11.6 Å². The van der Waals surface area contributed by atoms with E-state index in [-0.39, 0.29) is 12.3 Å². The molecule has 0 radical (unpaired) electrons. The van der Waals surface area contributed by atoms with Gasteiger partial charge in [0.05, 0.1) is 32.8 Å². The molecule has 28 heavy (non-hydrogen) atoms. The lowest BCUT2D eigenvalue weighted by Gasteiger charge is -2.44. The van der Waals surface area contributed by atoms with E-state index in [0.717, 1.165) is 36.8 Å². The molecule has 0 bridgehead atoms. The van der Waals surface area contributed by atoms with Crippen LogP contribution in [0, 0.1) is 0 Å². The Labute approximate surface area is 165 Å². The Morgan fingerprint density at radius 1 is 1.21 bits per heavy atom. The lowest BCUT2D eigenvalue weighted by Crippen LogP contribution is -2.47. The van der Waals surface area contributed by atoms with Crippen molar-refractivity contribution < 1.29 is 23.4 Å². The molecule has 0 fully saturated rings. The summed E-state index contributed by atoms with van der Waals surface area (Å²) < 4.78 is 22.5. The molecule has 2 heterocycles. The molecule has 1 aliphatic heterocycles. The number of ether oxygens (including phenoxy) is 3. The Morgan fingerprint density at radius 3 is 2.64 bits per heavy atom. The van der Waals surface area contributed by atoms with E-state index in [1.165, 1.54) is 12.1 Å². The van der Waals surface area contributed by atoms with Gasteiger partial charge in [-0.15, -0.1) is 0 Å². The minimum absolute atomic E-state index is 0.0436. The van der Waals surface area contributed by atoms with Crippen molar-refractivity contribution in [1.29, 1.82) is 0 Å². The number of carbonyl (C=O) groups is 1. The summed E-state index contributed by atoms with van der Waals surface area (Å²) in [7, 11) is 3.11. The topological polar surface area (TPSA) is 75.0 Å². The molecule has 2 unspecified atom stereocenters. The first kappa shape index (κ1) is 20.2. The summed E-state index contributed by atoms with van der Waals surface area (Å²) in [6.07, 6.45) is 7.95. The second-order valence-electron chi connectivity index (χ2n) is 7.37. The van der Waals surface area contributed by atoms with Gasteiger partial charge in [-0.1, -0.05) is 32.8 Å². The average molecular weight is 388 g/mol. The summed E-state index contributed by atoms with van der Waals surface area (Å²) in [5.41, 5.74) is 0.399. The predicted molar refractivity (Wildman–Crippen MR) is 104 cm³/mol. The van der Waals surface area contributed by atoms with Crippen LogP contribution >= 0.6 is 0 Å². The molecule has 0 saturated carbocycles. The number of unbranched alkanes of at least 4 members (excludes halogenated alkanes) is 1. The second kappa shape index (κ2) is 8.25. The van der Waals surface area contributed by atoms with E-state index in [1.54, 1.807) is 14.2 Å². The zero-order valence-corrected chi connectivity index (χ0v) is 17.0. The number of hydrogen-bond donors (Lipinski definition) is 0. The van der Waals surface area contributed by atoms with Crippen molar-refractivity contribution in [3.05, 3.63) is 51.3 Å². The summed E-state index contributed by atoms with van der Waals surface area (Å²) in [6, 6.07) is 1.39. The fourth-order valence-electron chi connectivity index (χ4n) is 4.40. The number of hydrogen-bond acceptors (Lipinski definition) is 6. The summed E-state index contributed by atoms with van der Waals surface area (Å²) in [6.45, 7) is 4.20. The number of rotatable bonds is 6. The maximum absolute atomic E-state index is 12.4. The van der Waals surface area contributed by atoms with Crippen molar-refractivity contribution in [1.82, 2.24) is 0 Å². The Morgan fingerprint density at radius 2 is 2.00 bits per heavy atom. The van der Waals surface area contributed by atoms with Crippen molar-refractivity contribution in [2.45, 2.75) is 63.9 Å². The summed E-state index contributed by atoms with van der Waals surface area (Å²) in [5.74, 6) is 1.20. The minimum Gasteiger partial charge on any atom is -0.496 e. The van der Waals surface area contributed by atoms with Crippen LogP contribution < -0.4 is 10.4 Å². The molecule has 6 nitrogen and oxygen atoms in total. The number of allylic oxidation sites excluding steroid dienone is 1. The number of methoxy groups -OCH3 is 2. The molecule has 2 aliphatic rings. The predicted octanol–water partition coefficient (Wildman–Crippen LogP) is 4.03. The van der Waals surface area contributed by atoms with Gasteiger partial charge in [-0.2, -0.15) is 0 Å². The Kier molecular flexibility index (Phi) is 5.96. The normalized spacial score (nSPS) is 25.3. The monoisotopic (exact) mass is 388 g/mol. The highest BCUT2D eigenvalue weighted by Crippen LogP contribution is 2.50. The van der Waals surface area contributed by atoms with E-state index >= 15 is 0 Å². The Bertz CT molecular complexity index is 862. The molecule has 0 N–H and O–H groups in total. The first-order valence-corrected chi connectivity index (χ1v) is 9.88. The van der Waals surface area contributed by atoms with Crippen LogP contribution in [0.15, 0.2) is 38.8 Å². The third kappa shape index (κ3) is 3.60. The fraction of sp³-hybridized carbons (Fsp3) is 0.545. The molecule has 1 aliphatic carbocycles. The fourth-order valence-corrected chi connectivity index (χ4v) is 4.40. The van der Waals surface area contributed by atoms with E-state index in [9.17, 15) is 9.59 Å². The highest BCUT2D eigenvalue weighted by atomic mass is 16.6. The quantitative estimate of drug-likeness (QED) is 0.685. The van der Waals surface area contributed by atoms with Gasteiger partial charge in [0.15, 0.2) is 0 Å². The Hall–Kier alpha value is -2.50. The van der Waals surface area contributed by atoms with Crippen LogP contribution in [0.1, 0.15) is 63.2 Å². The van der Waals surface area contributed by atoms with E-state index < -0.39 is 17.2 Å². The van der Waals surface area contributed by atoms with Gasteiger partial charge in [-0.05, 0) is 25.2 Å². The lowest BCUT2D eigenvalue weighted by atomic mass is 9.70. The summed E-state index contributed by atoms with van der Waals surface area (Å²) in [5, 5.41) is 0. The molecule has 2 atom stereocenters. The highest BCUT2D eigenvalue weighted by Gasteiger charge is 2.50. The average Bonchev–Trinajstić information content (AvgIpc) is 2.65. The number of carbonyl (C=O) groups excluding carboxylic acids is 1. The van der Waals surface area contributed by atoms with E-state index in [4.69, 9.17) is 18.6 Å². The zero-order valence-electron chi connectivity index (χ0n) is 17.0. The van der Waals surface area contributed by atoms with Crippen LogP contribution in [0.5, 0.6) is 5.75 Å². The highest BCUT2D eigenvalue weighted by molar-refractivity contribution is 5.86. The molecule has 1 spiro atoms. The van der Waals surface area contributed by atoms with E-state index in [0.29, 0.717) is 23.7 Å². The van der Waals surface area contributed by atoms with Crippen molar-refractivity contribution in [2.75, 3.05) is 14.2 Å². The molecule has 1 aromatic heterocycles. The maximum Gasteiger partial charge on any atom is 0.339 e. The third-order valence-corrected chi connectivity index (χ3v) is 5.48. The second-order valence-corrected chi connectivity index (χ2v) is 7.37. The summed E-state index contributed by atoms with van der Waals surface area (Å²) >= 11 is 0. The molecule has 0 aromatic carbocycles. The van der Waals surface area contributed by atoms with E-state index in [2.05, 4.69) is 19.9 Å². The third-order valence-electron chi connectivity index (χ3n) is 5.48. The van der Waals surface area contributed by atoms with Gasteiger partial charge in [0.1, 0.15) is 22.9 Å². The standard InChI is InChI=1S/C22H28O6/c1-5-7-9-15-16(25-3)10-20(24)28-22(15)12-14(8-6-2)21-17(26-4)11-19(23)27-18(21)13-22/h9-11,14H,5-8,12-13H2,1-4H3. The molecule has 6 heteroatoms. The SMILES string of the molecule is CCCC=C1C(OC)=CC(=O)OC12Cc1oc(=O)cc(OC)c1C(CCC)C2. The molecular formula is C22H28O6. The molecule has 0 amide bonds. The zero-order chi connectivity index (χ0) is 20.3. The largest absolute Gasteiger partial charge is 0.496 e. The smallest absolute Gasteiger partial charge is 0.339 e. The molecule has 3 rings (SSSR count). The first-order valence-electron chi connectivity index (χ1n) is 9.88. The van der Waals surface area contributed by atoms with Crippen LogP contribution in [0.25, 0.3) is 0 Å². The van der Waals surface area contributed by atoms with Crippen LogP contribution in [0.2, 0.25) is 0 Å². The van der Waals surface area contributed by atoms with Gasteiger partial charge in [0, 0.05) is 11.1 Å². The van der Waals surface area contributed by atoms with Crippen molar-refractivity contribution in [2.24, 2.45) is 0 Å². The Balaban J connectivity index is 2.18. The van der Waals surface area contributed by atoms with Gasteiger partial charge in [0.2, 0.25) is 0 Å². The van der Waals surface area contributed by atoms with Crippen LogP contribution in [0.3, 0.4) is 0 Å². The van der Waals surface area contributed by atoms with Crippen LogP contribution in [-0.4, -0.2) is 25.8 Å². The number of esters is 1. The molecular weight excluding hydrogens is 360 g/mol. The molecule has 1 aromatic rings.